The summed E-state index contributed by atoms with van der Waals surface area (Å²) in [5.74, 6) is 0. The third-order valence-electron chi connectivity index (χ3n) is 9.94. The molecule has 0 bridgehead atoms. The third kappa shape index (κ3) is 6.84. The van der Waals surface area contributed by atoms with Crippen LogP contribution in [-0.4, -0.2) is 0 Å². The number of anilines is 5. The molecular weight excluding hydrogens is 629 g/mol. The summed E-state index contributed by atoms with van der Waals surface area (Å²) in [4.78, 5) is 4.64. The minimum Gasteiger partial charge on any atom is -0.311 e. The Morgan fingerprint density at radius 3 is 1.15 bits per heavy atom. The zero-order valence-corrected chi connectivity index (χ0v) is 29.8. The Morgan fingerprint density at radius 2 is 0.750 bits per heavy atom. The molecule has 2 nitrogen and oxygen atoms in total. The molecule has 0 saturated carbocycles. The van der Waals surface area contributed by atoms with Crippen LogP contribution in [0.15, 0.2) is 200 Å². The van der Waals surface area contributed by atoms with Gasteiger partial charge in [0, 0.05) is 34.1 Å². The van der Waals surface area contributed by atoms with Crippen molar-refractivity contribution in [1.29, 1.82) is 0 Å². The summed E-state index contributed by atoms with van der Waals surface area (Å²) in [6.07, 6.45) is 9.01. The van der Waals surface area contributed by atoms with Crippen LogP contribution in [0.3, 0.4) is 0 Å². The van der Waals surface area contributed by atoms with Gasteiger partial charge < -0.3 is 9.80 Å². The SMILES string of the molecule is Cc1cc(-c2ccc(N(C3=CCCC=C3)c3ccccc3)cc2)ccc1-c1ccc(-c2ccc(N(c3ccccc3)c3ccccc3)cc2)cc1C. The first-order chi connectivity index (χ1) is 25.6. The van der Waals surface area contributed by atoms with Crippen LogP contribution in [0.4, 0.5) is 28.4 Å². The van der Waals surface area contributed by atoms with Gasteiger partial charge in [0.25, 0.3) is 0 Å². The predicted octanol–water partition coefficient (Wildman–Crippen LogP) is 14.1. The number of para-hydroxylation sites is 3. The fraction of sp³-hybridized carbons (Fsp3) is 0.0800. The van der Waals surface area contributed by atoms with Crippen LogP contribution < -0.4 is 9.80 Å². The van der Waals surface area contributed by atoms with Gasteiger partial charge in [0.15, 0.2) is 0 Å². The average Bonchev–Trinajstić information content (AvgIpc) is 3.20. The second-order valence-electron chi connectivity index (χ2n) is 13.4. The van der Waals surface area contributed by atoms with Crippen molar-refractivity contribution in [2.24, 2.45) is 0 Å². The van der Waals surface area contributed by atoms with Crippen LogP contribution in [0, 0.1) is 13.8 Å². The van der Waals surface area contributed by atoms with Gasteiger partial charge in [-0.3, -0.25) is 0 Å². The Bertz CT molecular complexity index is 2300. The van der Waals surface area contributed by atoms with E-state index in [1.807, 2.05) is 0 Å². The first-order valence-corrected chi connectivity index (χ1v) is 18.2. The molecule has 52 heavy (non-hydrogen) atoms. The summed E-state index contributed by atoms with van der Waals surface area (Å²) >= 11 is 0. The topological polar surface area (TPSA) is 6.48 Å². The van der Waals surface area contributed by atoms with Crippen LogP contribution in [-0.2, 0) is 0 Å². The van der Waals surface area contributed by atoms with E-state index in [1.54, 1.807) is 0 Å². The Labute approximate surface area is 308 Å². The highest BCUT2D eigenvalue weighted by molar-refractivity contribution is 5.81. The van der Waals surface area contributed by atoms with Gasteiger partial charge in [0.05, 0.1) is 0 Å². The quantitative estimate of drug-likeness (QED) is 0.151. The summed E-state index contributed by atoms with van der Waals surface area (Å²) in [6, 6.07) is 63.3. The fourth-order valence-electron chi connectivity index (χ4n) is 7.29. The van der Waals surface area contributed by atoms with Gasteiger partial charge in [0.2, 0.25) is 0 Å². The van der Waals surface area contributed by atoms with Gasteiger partial charge in [-0.1, -0.05) is 127 Å². The third-order valence-corrected chi connectivity index (χ3v) is 9.94. The first-order valence-electron chi connectivity index (χ1n) is 18.2. The Hall–Kier alpha value is -6.38. The smallest absolute Gasteiger partial charge is 0.0462 e. The second-order valence-corrected chi connectivity index (χ2v) is 13.4. The molecule has 0 amide bonds. The number of hydrogen-bond donors (Lipinski definition) is 0. The van der Waals surface area contributed by atoms with Gasteiger partial charge in [-0.05, 0) is 138 Å². The molecule has 1 aliphatic carbocycles. The fourth-order valence-corrected chi connectivity index (χ4v) is 7.29. The zero-order valence-electron chi connectivity index (χ0n) is 29.8. The number of hydrogen-bond acceptors (Lipinski definition) is 2. The number of allylic oxidation sites excluding steroid dienone is 3. The molecular formula is C50H42N2. The summed E-state index contributed by atoms with van der Waals surface area (Å²) in [5, 5.41) is 0. The van der Waals surface area contributed by atoms with Crippen molar-refractivity contribution < 1.29 is 0 Å². The van der Waals surface area contributed by atoms with Crippen molar-refractivity contribution in [3.8, 4) is 33.4 Å². The molecule has 0 unspecified atom stereocenters. The molecule has 7 aromatic rings. The highest BCUT2D eigenvalue weighted by Crippen LogP contribution is 2.38. The Morgan fingerprint density at radius 1 is 0.365 bits per heavy atom. The number of aryl methyl sites for hydroxylation is 2. The molecule has 0 N–H and O–H groups in total. The molecule has 1 aliphatic rings. The lowest BCUT2D eigenvalue weighted by Crippen LogP contribution is -2.16. The van der Waals surface area contributed by atoms with E-state index in [0.717, 1.165) is 35.6 Å². The van der Waals surface area contributed by atoms with E-state index in [1.165, 1.54) is 55.9 Å². The Kier molecular flexibility index (Phi) is 9.37. The van der Waals surface area contributed by atoms with Gasteiger partial charge >= 0.3 is 0 Å². The standard InChI is InChI=1S/C50H42N2/c1-37-35-41(39-23-29-47(30-24-39)51(43-15-7-3-8-16-43)44-17-9-4-10-18-44)27-33-49(37)50-34-28-42(36-38(50)2)40-25-31-48(32-26-40)52(45-19-11-5-12-20-45)46-21-13-6-14-22-46/h3-5,7-13,15-36H,6,14H2,1-2H3. The molecule has 8 rings (SSSR count). The van der Waals surface area contributed by atoms with Crippen molar-refractivity contribution in [3.05, 3.63) is 211 Å². The van der Waals surface area contributed by atoms with Crippen LogP contribution >= 0.6 is 0 Å². The maximum atomic E-state index is 2.35. The molecule has 0 aliphatic heterocycles. The average molecular weight is 671 g/mol. The molecule has 0 atom stereocenters. The zero-order chi connectivity index (χ0) is 35.3. The van der Waals surface area contributed by atoms with E-state index in [4.69, 9.17) is 0 Å². The summed E-state index contributed by atoms with van der Waals surface area (Å²) in [6.45, 7) is 4.45. The van der Waals surface area contributed by atoms with E-state index in [-0.39, 0.29) is 0 Å². The highest BCUT2D eigenvalue weighted by atomic mass is 15.1. The summed E-state index contributed by atoms with van der Waals surface area (Å²) in [7, 11) is 0. The van der Waals surface area contributed by atoms with Crippen molar-refractivity contribution in [2.75, 3.05) is 9.80 Å². The van der Waals surface area contributed by atoms with Crippen LogP contribution in [0.1, 0.15) is 24.0 Å². The number of rotatable bonds is 9. The van der Waals surface area contributed by atoms with Crippen LogP contribution in [0.5, 0.6) is 0 Å². The molecule has 0 saturated heterocycles. The molecule has 7 aromatic carbocycles. The predicted molar refractivity (Wildman–Crippen MR) is 222 cm³/mol. The lowest BCUT2D eigenvalue weighted by Gasteiger charge is -2.27. The minimum absolute atomic E-state index is 1.07. The van der Waals surface area contributed by atoms with E-state index < -0.39 is 0 Å². The van der Waals surface area contributed by atoms with E-state index >= 15 is 0 Å². The normalized spacial score (nSPS) is 12.3. The van der Waals surface area contributed by atoms with Crippen LogP contribution in [0.2, 0.25) is 0 Å². The van der Waals surface area contributed by atoms with Crippen molar-refractivity contribution in [2.45, 2.75) is 26.7 Å². The van der Waals surface area contributed by atoms with Crippen molar-refractivity contribution >= 4 is 28.4 Å². The van der Waals surface area contributed by atoms with E-state index in [9.17, 15) is 0 Å². The highest BCUT2D eigenvalue weighted by Gasteiger charge is 2.16. The summed E-state index contributed by atoms with van der Waals surface area (Å²) in [5.41, 5.74) is 16.9. The number of nitrogens with zero attached hydrogens (tertiary/aromatic N) is 2. The van der Waals surface area contributed by atoms with Gasteiger partial charge in [-0.25, -0.2) is 0 Å². The lowest BCUT2D eigenvalue weighted by molar-refractivity contribution is 0.997. The second kappa shape index (κ2) is 14.8. The van der Waals surface area contributed by atoms with Crippen molar-refractivity contribution in [1.82, 2.24) is 0 Å². The molecule has 0 spiro atoms. The molecule has 2 heteroatoms. The molecule has 0 aromatic heterocycles. The van der Waals surface area contributed by atoms with Gasteiger partial charge in [0.1, 0.15) is 0 Å². The molecule has 0 heterocycles. The molecule has 252 valence electrons. The minimum atomic E-state index is 1.07. The van der Waals surface area contributed by atoms with Gasteiger partial charge in [-0.15, -0.1) is 0 Å². The molecule has 0 fully saturated rings. The molecule has 0 radical (unpaired) electrons. The summed E-state index contributed by atoms with van der Waals surface area (Å²) < 4.78 is 0. The Balaban J connectivity index is 1.03. The lowest BCUT2D eigenvalue weighted by atomic mass is 9.91. The van der Waals surface area contributed by atoms with E-state index in [0.29, 0.717) is 0 Å². The maximum absolute atomic E-state index is 2.35. The van der Waals surface area contributed by atoms with E-state index in [2.05, 4.69) is 218 Å². The maximum Gasteiger partial charge on any atom is 0.0462 e. The number of benzene rings is 7. The van der Waals surface area contributed by atoms with Crippen LogP contribution in [0.25, 0.3) is 33.4 Å². The largest absolute Gasteiger partial charge is 0.311 e. The first kappa shape index (κ1) is 32.8. The van der Waals surface area contributed by atoms with Crippen molar-refractivity contribution in [3.63, 3.8) is 0 Å². The monoisotopic (exact) mass is 670 g/mol. The van der Waals surface area contributed by atoms with Gasteiger partial charge in [-0.2, -0.15) is 0 Å².